The Morgan fingerprint density at radius 2 is 2.06 bits per heavy atom. The molecule has 0 saturated heterocycles. The van der Waals surface area contributed by atoms with Crippen LogP contribution >= 0.6 is 0 Å². The van der Waals surface area contributed by atoms with E-state index < -0.39 is 0 Å². The number of aromatic nitrogens is 1. The van der Waals surface area contributed by atoms with Crippen LogP contribution in [-0.4, -0.2) is 24.8 Å². The van der Waals surface area contributed by atoms with Gasteiger partial charge < -0.3 is 15.2 Å². The van der Waals surface area contributed by atoms with Gasteiger partial charge in [-0.15, -0.1) is 0 Å². The number of nitrogens with zero attached hydrogens (tertiary/aromatic N) is 1. The molecule has 2 N–H and O–H groups in total. The number of pyridine rings is 1. The normalized spacial score (nSPS) is 10.7. The summed E-state index contributed by atoms with van der Waals surface area (Å²) in [5.41, 5.74) is 7.55. The quantitative estimate of drug-likeness (QED) is 0.667. The zero-order chi connectivity index (χ0) is 12.3. The van der Waals surface area contributed by atoms with Crippen LogP contribution in [0.5, 0.6) is 0 Å². The van der Waals surface area contributed by atoms with Crippen molar-refractivity contribution in [2.45, 2.75) is 32.9 Å². The SMILES string of the molecule is CCCCOCCOCc1cccnc1CN. The standard InChI is InChI=1S/C13H22N2O2/c1-2-3-7-16-8-9-17-11-12-5-4-6-15-13(12)10-14/h4-6H,2-3,7-11,14H2,1H3. The molecule has 0 aliphatic heterocycles. The van der Waals surface area contributed by atoms with E-state index in [1.54, 1.807) is 6.20 Å². The summed E-state index contributed by atoms with van der Waals surface area (Å²) in [6.07, 6.45) is 4.02. The molecule has 0 radical (unpaired) electrons. The first-order valence-corrected chi connectivity index (χ1v) is 6.16. The molecule has 1 aromatic rings. The molecule has 0 saturated carbocycles. The van der Waals surface area contributed by atoms with Gasteiger partial charge in [-0.1, -0.05) is 19.4 Å². The minimum absolute atomic E-state index is 0.451. The molecule has 17 heavy (non-hydrogen) atoms. The molecule has 4 nitrogen and oxygen atoms in total. The van der Waals surface area contributed by atoms with Gasteiger partial charge in [0.15, 0.2) is 0 Å². The highest BCUT2D eigenvalue weighted by molar-refractivity contribution is 5.18. The van der Waals surface area contributed by atoms with Gasteiger partial charge in [-0.2, -0.15) is 0 Å². The van der Waals surface area contributed by atoms with Gasteiger partial charge >= 0.3 is 0 Å². The van der Waals surface area contributed by atoms with Gasteiger partial charge in [-0.05, 0) is 12.5 Å². The van der Waals surface area contributed by atoms with E-state index in [1.165, 1.54) is 0 Å². The number of hydrogen-bond acceptors (Lipinski definition) is 4. The van der Waals surface area contributed by atoms with E-state index >= 15 is 0 Å². The van der Waals surface area contributed by atoms with Crippen molar-refractivity contribution in [1.82, 2.24) is 4.98 Å². The summed E-state index contributed by atoms with van der Waals surface area (Å²) in [5, 5.41) is 0. The highest BCUT2D eigenvalue weighted by Crippen LogP contribution is 2.05. The van der Waals surface area contributed by atoms with Gasteiger partial charge in [0.1, 0.15) is 0 Å². The number of ether oxygens (including phenoxy) is 2. The second-order valence-corrected chi connectivity index (χ2v) is 3.83. The monoisotopic (exact) mass is 238 g/mol. The van der Waals surface area contributed by atoms with Crippen LogP contribution in [0, 0.1) is 0 Å². The van der Waals surface area contributed by atoms with Crippen molar-refractivity contribution in [2.75, 3.05) is 19.8 Å². The third kappa shape index (κ3) is 5.77. The Morgan fingerprint density at radius 3 is 2.82 bits per heavy atom. The van der Waals surface area contributed by atoms with Crippen molar-refractivity contribution in [1.29, 1.82) is 0 Å². The Hall–Kier alpha value is -0.970. The maximum Gasteiger partial charge on any atom is 0.0736 e. The Kier molecular flexibility index (Phi) is 7.54. The van der Waals surface area contributed by atoms with E-state index in [9.17, 15) is 0 Å². The van der Waals surface area contributed by atoms with E-state index in [0.717, 1.165) is 30.7 Å². The highest BCUT2D eigenvalue weighted by Gasteiger charge is 2.00. The van der Waals surface area contributed by atoms with Crippen LogP contribution in [0.1, 0.15) is 31.0 Å². The second-order valence-electron chi connectivity index (χ2n) is 3.83. The fourth-order valence-corrected chi connectivity index (χ4v) is 1.43. The van der Waals surface area contributed by atoms with Gasteiger partial charge in [0.25, 0.3) is 0 Å². The lowest BCUT2D eigenvalue weighted by atomic mass is 10.2. The number of unbranched alkanes of at least 4 members (excludes halogenated alkanes) is 1. The van der Waals surface area contributed by atoms with Crippen LogP contribution < -0.4 is 5.73 Å². The van der Waals surface area contributed by atoms with Crippen LogP contribution in [0.15, 0.2) is 18.3 Å². The highest BCUT2D eigenvalue weighted by atomic mass is 16.5. The van der Waals surface area contributed by atoms with Crippen molar-refractivity contribution in [3.63, 3.8) is 0 Å². The summed E-state index contributed by atoms with van der Waals surface area (Å²) < 4.78 is 10.9. The number of hydrogen-bond donors (Lipinski definition) is 1. The van der Waals surface area contributed by atoms with E-state index in [0.29, 0.717) is 26.4 Å². The predicted molar refractivity (Wildman–Crippen MR) is 67.5 cm³/mol. The minimum Gasteiger partial charge on any atom is -0.379 e. The van der Waals surface area contributed by atoms with Gasteiger partial charge in [0.05, 0.1) is 25.5 Å². The molecule has 0 atom stereocenters. The Balaban J connectivity index is 2.13. The van der Waals surface area contributed by atoms with E-state index in [-0.39, 0.29) is 0 Å². The fourth-order valence-electron chi connectivity index (χ4n) is 1.43. The average Bonchev–Trinajstić information content (AvgIpc) is 2.38. The second kappa shape index (κ2) is 9.10. The van der Waals surface area contributed by atoms with Crippen molar-refractivity contribution < 1.29 is 9.47 Å². The molecule has 1 rings (SSSR count). The molecule has 0 aromatic carbocycles. The summed E-state index contributed by atoms with van der Waals surface area (Å²) in [6, 6.07) is 3.89. The maximum atomic E-state index is 5.59. The topological polar surface area (TPSA) is 57.4 Å². The molecule has 1 heterocycles. The third-order valence-electron chi connectivity index (χ3n) is 2.45. The average molecular weight is 238 g/mol. The number of rotatable bonds is 9. The molecule has 0 aliphatic rings. The first-order chi connectivity index (χ1) is 8.38. The summed E-state index contributed by atoms with van der Waals surface area (Å²) in [5.74, 6) is 0. The summed E-state index contributed by atoms with van der Waals surface area (Å²) in [6.45, 7) is 5.24. The zero-order valence-electron chi connectivity index (χ0n) is 10.5. The first kappa shape index (κ1) is 14.1. The maximum absolute atomic E-state index is 5.59. The van der Waals surface area contributed by atoms with Crippen molar-refractivity contribution in [2.24, 2.45) is 5.73 Å². The van der Waals surface area contributed by atoms with Crippen LogP contribution in [0.2, 0.25) is 0 Å². The third-order valence-corrected chi connectivity index (χ3v) is 2.45. The molecule has 0 spiro atoms. The van der Waals surface area contributed by atoms with Crippen LogP contribution in [-0.2, 0) is 22.6 Å². The first-order valence-electron chi connectivity index (χ1n) is 6.16. The summed E-state index contributed by atoms with van der Waals surface area (Å²) in [4.78, 5) is 4.20. The van der Waals surface area contributed by atoms with Gasteiger partial charge in [0, 0.05) is 24.9 Å². The molecule has 0 aliphatic carbocycles. The lowest BCUT2D eigenvalue weighted by molar-refractivity contribution is 0.0393. The van der Waals surface area contributed by atoms with E-state index in [1.807, 2.05) is 12.1 Å². The summed E-state index contributed by atoms with van der Waals surface area (Å²) >= 11 is 0. The van der Waals surface area contributed by atoms with E-state index in [2.05, 4.69) is 11.9 Å². The lowest BCUT2D eigenvalue weighted by Crippen LogP contribution is -2.08. The molecular weight excluding hydrogens is 216 g/mol. The van der Waals surface area contributed by atoms with E-state index in [4.69, 9.17) is 15.2 Å². The molecule has 0 amide bonds. The smallest absolute Gasteiger partial charge is 0.0736 e. The molecule has 0 bridgehead atoms. The summed E-state index contributed by atoms with van der Waals surface area (Å²) in [7, 11) is 0. The van der Waals surface area contributed by atoms with Crippen LogP contribution in [0.3, 0.4) is 0 Å². The fraction of sp³-hybridized carbons (Fsp3) is 0.615. The molecule has 0 unspecified atom stereocenters. The molecule has 4 heteroatoms. The molecule has 1 aromatic heterocycles. The van der Waals surface area contributed by atoms with Gasteiger partial charge in [0.2, 0.25) is 0 Å². The predicted octanol–water partition coefficient (Wildman–Crippen LogP) is 1.87. The molecule has 0 fully saturated rings. The van der Waals surface area contributed by atoms with Crippen molar-refractivity contribution >= 4 is 0 Å². The minimum atomic E-state index is 0.451. The van der Waals surface area contributed by atoms with Crippen molar-refractivity contribution in [3.05, 3.63) is 29.6 Å². The zero-order valence-corrected chi connectivity index (χ0v) is 10.5. The van der Waals surface area contributed by atoms with Gasteiger partial charge in [-0.3, -0.25) is 4.98 Å². The Bertz CT molecular complexity index is 305. The van der Waals surface area contributed by atoms with Crippen LogP contribution in [0.4, 0.5) is 0 Å². The van der Waals surface area contributed by atoms with Gasteiger partial charge in [-0.25, -0.2) is 0 Å². The molecular formula is C13H22N2O2. The molecule has 96 valence electrons. The Morgan fingerprint density at radius 1 is 1.24 bits per heavy atom. The number of nitrogens with two attached hydrogens (primary N) is 1. The Labute approximate surface area is 103 Å². The van der Waals surface area contributed by atoms with Crippen molar-refractivity contribution in [3.8, 4) is 0 Å². The van der Waals surface area contributed by atoms with Crippen LogP contribution in [0.25, 0.3) is 0 Å². The largest absolute Gasteiger partial charge is 0.379 e. The lowest BCUT2D eigenvalue weighted by Gasteiger charge is -2.08.